The topological polar surface area (TPSA) is 71.2 Å². The summed E-state index contributed by atoms with van der Waals surface area (Å²) in [5.74, 6) is -0.0132. The van der Waals surface area contributed by atoms with Crippen LogP contribution in [0, 0.1) is 0 Å². The second kappa shape index (κ2) is 7.02. The van der Waals surface area contributed by atoms with E-state index in [-0.39, 0.29) is 5.91 Å². The lowest BCUT2D eigenvalue weighted by Crippen LogP contribution is -2.24. The summed E-state index contributed by atoms with van der Waals surface area (Å²) >= 11 is 1.58. The monoisotopic (exact) mass is 290 g/mol. The first-order chi connectivity index (χ1) is 9.63. The van der Waals surface area contributed by atoms with Crippen molar-refractivity contribution in [2.45, 2.75) is 13.0 Å². The molecule has 0 aliphatic carbocycles. The normalized spacial score (nSPS) is 10.7. The van der Waals surface area contributed by atoms with E-state index in [4.69, 9.17) is 5.73 Å². The summed E-state index contributed by atoms with van der Waals surface area (Å²) in [6, 6.07) is 7.18. The van der Waals surface area contributed by atoms with E-state index in [1.165, 1.54) is 0 Å². The van der Waals surface area contributed by atoms with Crippen LogP contribution in [0.2, 0.25) is 0 Å². The quantitative estimate of drug-likeness (QED) is 0.800. The van der Waals surface area contributed by atoms with Crippen molar-refractivity contribution in [2.24, 2.45) is 0 Å². The van der Waals surface area contributed by atoms with Gasteiger partial charge in [0.25, 0.3) is 0 Å². The first-order valence-corrected chi connectivity index (χ1v) is 7.29. The SMILES string of the molecule is CN(CCC(=O)Nc1cccc(N)c1)Cc1cscn1. The maximum Gasteiger partial charge on any atom is 0.225 e. The number of carbonyl (C=O) groups is 1. The summed E-state index contributed by atoms with van der Waals surface area (Å²) in [5.41, 5.74) is 9.89. The van der Waals surface area contributed by atoms with Gasteiger partial charge in [0.05, 0.1) is 11.2 Å². The third-order valence-electron chi connectivity index (χ3n) is 2.81. The van der Waals surface area contributed by atoms with Crippen molar-refractivity contribution in [1.82, 2.24) is 9.88 Å². The van der Waals surface area contributed by atoms with Gasteiger partial charge in [0.2, 0.25) is 5.91 Å². The summed E-state index contributed by atoms with van der Waals surface area (Å²) in [4.78, 5) is 18.1. The molecule has 106 valence electrons. The van der Waals surface area contributed by atoms with Crippen LogP contribution in [-0.4, -0.2) is 29.4 Å². The number of carbonyl (C=O) groups excluding carboxylic acids is 1. The summed E-state index contributed by atoms with van der Waals surface area (Å²) in [5, 5.41) is 4.85. The minimum atomic E-state index is -0.0132. The van der Waals surface area contributed by atoms with Gasteiger partial charge in [-0.1, -0.05) is 6.07 Å². The molecule has 0 spiro atoms. The number of amides is 1. The van der Waals surface area contributed by atoms with Crippen molar-refractivity contribution in [3.05, 3.63) is 40.8 Å². The van der Waals surface area contributed by atoms with Crippen LogP contribution in [0.5, 0.6) is 0 Å². The Morgan fingerprint density at radius 1 is 1.50 bits per heavy atom. The van der Waals surface area contributed by atoms with Crippen molar-refractivity contribution < 1.29 is 4.79 Å². The molecule has 3 N–H and O–H groups in total. The molecular formula is C14H18N4OS. The van der Waals surface area contributed by atoms with Gasteiger partial charge in [0.1, 0.15) is 0 Å². The molecule has 1 amide bonds. The van der Waals surface area contributed by atoms with Crippen LogP contribution >= 0.6 is 11.3 Å². The highest BCUT2D eigenvalue weighted by molar-refractivity contribution is 7.07. The number of nitrogens with one attached hydrogen (secondary N) is 1. The van der Waals surface area contributed by atoms with Crippen LogP contribution in [0.1, 0.15) is 12.1 Å². The highest BCUT2D eigenvalue weighted by atomic mass is 32.1. The molecule has 1 heterocycles. The number of nitrogens with two attached hydrogens (primary N) is 1. The van der Waals surface area contributed by atoms with Gasteiger partial charge >= 0.3 is 0 Å². The number of rotatable bonds is 6. The predicted molar refractivity (Wildman–Crippen MR) is 82.5 cm³/mol. The number of thiazole rings is 1. The Bertz CT molecular complexity index is 556. The number of hydrogen-bond acceptors (Lipinski definition) is 5. The van der Waals surface area contributed by atoms with Crippen LogP contribution in [0.3, 0.4) is 0 Å². The third-order valence-corrected chi connectivity index (χ3v) is 3.44. The van der Waals surface area contributed by atoms with E-state index in [0.29, 0.717) is 18.7 Å². The molecule has 1 aromatic heterocycles. The minimum Gasteiger partial charge on any atom is -0.399 e. The van der Waals surface area contributed by atoms with Crippen molar-refractivity contribution in [1.29, 1.82) is 0 Å². The molecule has 0 saturated carbocycles. The van der Waals surface area contributed by atoms with E-state index >= 15 is 0 Å². The minimum absolute atomic E-state index is 0.0132. The standard InChI is InChI=1S/C14H18N4OS/c1-18(8-13-9-20-10-16-13)6-5-14(19)17-12-4-2-3-11(15)7-12/h2-4,7,9-10H,5-6,8,15H2,1H3,(H,17,19). The van der Waals surface area contributed by atoms with Gasteiger partial charge in [0, 0.05) is 36.3 Å². The van der Waals surface area contributed by atoms with E-state index in [1.54, 1.807) is 23.5 Å². The number of benzene rings is 1. The summed E-state index contributed by atoms with van der Waals surface area (Å²) in [6.45, 7) is 1.45. The fourth-order valence-corrected chi connectivity index (χ4v) is 2.35. The Morgan fingerprint density at radius 2 is 2.35 bits per heavy atom. The molecule has 2 aromatic rings. The number of anilines is 2. The zero-order valence-electron chi connectivity index (χ0n) is 11.4. The number of nitrogen functional groups attached to an aromatic ring is 1. The molecule has 6 heteroatoms. The number of nitrogens with zero attached hydrogens (tertiary/aromatic N) is 2. The molecular weight excluding hydrogens is 272 g/mol. The van der Waals surface area contributed by atoms with Gasteiger partial charge in [-0.05, 0) is 25.2 Å². The highest BCUT2D eigenvalue weighted by Crippen LogP contribution is 2.12. The van der Waals surface area contributed by atoms with Gasteiger partial charge < -0.3 is 16.0 Å². The van der Waals surface area contributed by atoms with Crippen molar-refractivity contribution in [3.8, 4) is 0 Å². The van der Waals surface area contributed by atoms with Gasteiger partial charge in [-0.2, -0.15) is 0 Å². The molecule has 0 radical (unpaired) electrons. The Hall–Kier alpha value is -1.92. The molecule has 0 fully saturated rings. The zero-order valence-corrected chi connectivity index (χ0v) is 12.2. The second-order valence-corrected chi connectivity index (χ2v) is 5.36. The lowest BCUT2D eigenvalue weighted by atomic mass is 10.2. The van der Waals surface area contributed by atoms with Gasteiger partial charge in [-0.3, -0.25) is 4.79 Å². The van der Waals surface area contributed by atoms with Crippen LogP contribution in [0.15, 0.2) is 35.2 Å². The maximum atomic E-state index is 11.8. The van der Waals surface area contributed by atoms with Crippen molar-refractivity contribution >= 4 is 28.6 Å². The predicted octanol–water partition coefficient (Wildman–Crippen LogP) is 2.19. The maximum absolute atomic E-state index is 11.8. The van der Waals surface area contributed by atoms with E-state index in [2.05, 4.69) is 15.2 Å². The van der Waals surface area contributed by atoms with Crippen LogP contribution in [0.25, 0.3) is 0 Å². The molecule has 0 atom stereocenters. The van der Waals surface area contributed by atoms with Gasteiger partial charge in [-0.25, -0.2) is 4.98 Å². The molecule has 2 rings (SSSR count). The fraction of sp³-hybridized carbons (Fsp3) is 0.286. The molecule has 5 nitrogen and oxygen atoms in total. The lowest BCUT2D eigenvalue weighted by molar-refractivity contribution is -0.116. The molecule has 20 heavy (non-hydrogen) atoms. The van der Waals surface area contributed by atoms with Crippen molar-refractivity contribution in [3.63, 3.8) is 0 Å². The van der Waals surface area contributed by atoms with E-state index in [0.717, 1.165) is 17.9 Å². The Labute approximate surface area is 122 Å². The number of hydrogen-bond donors (Lipinski definition) is 2. The Balaban J connectivity index is 1.74. The van der Waals surface area contributed by atoms with Gasteiger partial charge in [-0.15, -0.1) is 11.3 Å². The average Bonchev–Trinajstić information content (AvgIpc) is 2.89. The number of aromatic nitrogens is 1. The molecule has 0 aliphatic rings. The first-order valence-electron chi connectivity index (χ1n) is 6.34. The van der Waals surface area contributed by atoms with E-state index in [1.807, 2.05) is 30.1 Å². The summed E-state index contributed by atoms with van der Waals surface area (Å²) < 4.78 is 0. The third kappa shape index (κ3) is 4.64. The van der Waals surface area contributed by atoms with E-state index in [9.17, 15) is 4.79 Å². The smallest absolute Gasteiger partial charge is 0.225 e. The average molecular weight is 290 g/mol. The molecule has 1 aromatic carbocycles. The molecule has 0 bridgehead atoms. The second-order valence-electron chi connectivity index (χ2n) is 4.64. The first kappa shape index (κ1) is 14.5. The molecule has 0 aliphatic heterocycles. The van der Waals surface area contributed by atoms with Crippen LogP contribution < -0.4 is 11.1 Å². The lowest BCUT2D eigenvalue weighted by Gasteiger charge is -2.15. The summed E-state index contributed by atoms with van der Waals surface area (Å²) in [6.07, 6.45) is 0.440. The largest absolute Gasteiger partial charge is 0.399 e. The van der Waals surface area contributed by atoms with Crippen LogP contribution in [0.4, 0.5) is 11.4 Å². The van der Waals surface area contributed by atoms with Gasteiger partial charge in [0.15, 0.2) is 0 Å². The van der Waals surface area contributed by atoms with E-state index < -0.39 is 0 Å². The Morgan fingerprint density at radius 3 is 3.05 bits per heavy atom. The van der Waals surface area contributed by atoms with Crippen LogP contribution in [-0.2, 0) is 11.3 Å². The Kier molecular flexibility index (Phi) is 5.09. The zero-order chi connectivity index (χ0) is 14.4. The molecule has 0 unspecified atom stereocenters. The summed E-state index contributed by atoms with van der Waals surface area (Å²) in [7, 11) is 1.98. The molecule has 0 saturated heterocycles. The highest BCUT2D eigenvalue weighted by Gasteiger charge is 2.06. The fourth-order valence-electron chi connectivity index (χ4n) is 1.80. The van der Waals surface area contributed by atoms with Crippen molar-refractivity contribution in [2.75, 3.05) is 24.6 Å².